The first kappa shape index (κ1) is 44.6. The minimum Gasteiger partial charge on any atom is -0.391 e. The van der Waals surface area contributed by atoms with Crippen LogP contribution in [-0.4, -0.2) is 124 Å². The number of likely N-dealkylation sites (N-methyl/N-ethyl adjacent to an activating group) is 1. The third-order valence-corrected chi connectivity index (χ3v) is 13.8. The number of fused-ring (bicyclic) bond motifs is 6. The minimum atomic E-state index is -0.974. The average Bonchev–Trinajstić information content (AvgIpc) is 3.82. The van der Waals surface area contributed by atoms with Crippen molar-refractivity contribution in [1.29, 1.82) is 0 Å². The number of hydrazine groups is 1. The summed E-state index contributed by atoms with van der Waals surface area (Å²) in [5, 5.41) is 20.3. The molecule has 6 bridgehead atoms. The lowest BCUT2D eigenvalue weighted by molar-refractivity contribution is -0.143. The second kappa shape index (κ2) is 18.5. The Morgan fingerprint density at radius 1 is 1.15 bits per heavy atom. The number of benzene rings is 1. The fourth-order valence-electron chi connectivity index (χ4n) is 9.38. The number of aromatic nitrogens is 3. The van der Waals surface area contributed by atoms with E-state index in [4.69, 9.17) is 19.4 Å². The largest absolute Gasteiger partial charge is 0.391 e. The van der Waals surface area contributed by atoms with Crippen molar-refractivity contribution >= 4 is 40.1 Å². The van der Waals surface area contributed by atoms with Gasteiger partial charge in [0.1, 0.15) is 12.1 Å². The molecule has 3 aromatic heterocycles. The Bertz CT molecular complexity index is 2210. The van der Waals surface area contributed by atoms with Gasteiger partial charge in [-0.1, -0.05) is 33.8 Å². The summed E-state index contributed by atoms with van der Waals surface area (Å²) in [6.45, 7) is 14.6. The number of carbonyl (C=O) groups excluding carboxylic acids is 3. The Labute approximate surface area is 364 Å². The molecule has 0 unspecified atom stereocenters. The number of amides is 4. The number of aryl methyl sites for hydroxylation is 1. The molecule has 15 heteroatoms. The van der Waals surface area contributed by atoms with E-state index in [1.807, 2.05) is 38.4 Å². The Kier molecular flexibility index (Phi) is 13.5. The monoisotopic (exact) mass is 856 g/mol. The van der Waals surface area contributed by atoms with Crippen molar-refractivity contribution in [1.82, 2.24) is 40.1 Å². The number of ether oxygens (including phenoxy) is 2. The van der Waals surface area contributed by atoms with Crippen LogP contribution in [-0.2, 0) is 38.4 Å². The molecule has 3 N–H and O–H groups in total. The lowest BCUT2D eigenvalue weighted by Gasteiger charge is -2.42. The van der Waals surface area contributed by atoms with E-state index in [0.29, 0.717) is 43.9 Å². The first-order chi connectivity index (χ1) is 29.1. The summed E-state index contributed by atoms with van der Waals surface area (Å²) in [5.74, 6) is -0.946. The fourth-order valence-corrected chi connectivity index (χ4v) is 10.2. The SMILES string of the molecule is CCn1c(-c2cccnc2[C@H](C)OC)c2c3cc(ccc31)-c1csc(n1)C[C@H](NC(=O)[C@H](C(C)C)N(C)C(=O)N1CC(OC)C1)C(=O)N1CCC[C@H](N1)[C@@H](O)CCC(C)(C)C2. The molecular formula is C46H64N8O6S. The van der Waals surface area contributed by atoms with Gasteiger partial charge in [-0.2, -0.15) is 0 Å². The molecule has 1 aromatic carbocycles. The van der Waals surface area contributed by atoms with Crippen LogP contribution in [0.15, 0.2) is 41.9 Å². The number of rotatable bonds is 9. The maximum absolute atomic E-state index is 14.6. The number of urea groups is 1. The first-order valence-electron chi connectivity index (χ1n) is 21.8. The highest BCUT2D eigenvalue weighted by Crippen LogP contribution is 2.43. The van der Waals surface area contributed by atoms with Gasteiger partial charge in [0.05, 0.1) is 59.5 Å². The number of nitrogens with one attached hydrogen (secondary N) is 2. The summed E-state index contributed by atoms with van der Waals surface area (Å²) in [6.07, 6.45) is 4.49. The van der Waals surface area contributed by atoms with Crippen molar-refractivity contribution in [2.75, 3.05) is 40.9 Å². The Hall–Kier alpha value is -4.41. The van der Waals surface area contributed by atoms with Crippen molar-refractivity contribution in [3.63, 3.8) is 0 Å². The van der Waals surface area contributed by atoms with Crippen LogP contribution in [0.5, 0.6) is 0 Å². The average molecular weight is 857 g/mol. The zero-order valence-corrected chi connectivity index (χ0v) is 38.1. The molecule has 0 radical (unpaired) electrons. The molecule has 0 saturated carbocycles. The van der Waals surface area contributed by atoms with E-state index in [-0.39, 0.29) is 47.9 Å². The topological polar surface area (TPSA) is 154 Å². The van der Waals surface area contributed by atoms with Crippen LogP contribution in [0.3, 0.4) is 0 Å². The lowest BCUT2D eigenvalue weighted by Crippen LogP contribution is -2.64. The van der Waals surface area contributed by atoms with E-state index in [0.717, 1.165) is 58.5 Å². The number of thiazole rings is 1. The molecule has 2 saturated heterocycles. The molecule has 7 rings (SSSR count). The highest BCUT2D eigenvalue weighted by Gasteiger charge is 2.40. The summed E-state index contributed by atoms with van der Waals surface area (Å²) >= 11 is 1.45. The fraction of sp³-hybridized carbons (Fsp3) is 0.587. The number of hydrogen-bond donors (Lipinski definition) is 3. The summed E-state index contributed by atoms with van der Waals surface area (Å²) in [4.78, 5) is 55.4. The van der Waals surface area contributed by atoms with Crippen LogP contribution in [0.4, 0.5) is 4.79 Å². The second-order valence-electron chi connectivity index (χ2n) is 18.2. The van der Waals surface area contributed by atoms with Crippen molar-refractivity contribution in [3.8, 4) is 22.5 Å². The van der Waals surface area contributed by atoms with Gasteiger partial charge in [0.25, 0.3) is 5.91 Å². The van der Waals surface area contributed by atoms with Crippen LogP contribution >= 0.6 is 11.3 Å². The Morgan fingerprint density at radius 2 is 1.92 bits per heavy atom. The van der Waals surface area contributed by atoms with Gasteiger partial charge in [-0.05, 0) is 87.1 Å². The quantitative estimate of drug-likeness (QED) is 0.178. The number of aliphatic hydroxyl groups excluding tert-OH is 1. The van der Waals surface area contributed by atoms with Gasteiger partial charge < -0.3 is 34.3 Å². The van der Waals surface area contributed by atoms with Crippen LogP contribution in [0.1, 0.15) is 89.6 Å². The van der Waals surface area contributed by atoms with E-state index in [1.54, 1.807) is 31.2 Å². The van der Waals surface area contributed by atoms with E-state index in [1.165, 1.54) is 21.8 Å². The highest BCUT2D eigenvalue weighted by molar-refractivity contribution is 7.10. The molecule has 4 aromatic rings. The number of aliphatic hydroxyl groups is 1. The first-order valence-corrected chi connectivity index (χ1v) is 22.7. The standard InChI is InChI=1S/C46H64N8O6S/c1-10-53-37-16-15-29-21-32(37)33(42(53)31-13-11-19-47-40(31)28(4)59-8)23-46(5,6)18-17-38(55)34-14-12-20-54(50-34)44(57)35(22-39-48-36(29)26-61-39)49-43(56)41(27(2)3)51(7)45(58)52-24-30(25-52)60-9/h11,13,15-16,19,21,26-28,30,34-35,38,41,50,55H,10,12,14,17-18,20,22-25H2,1-9H3,(H,49,56)/t28-,34-,35-,38-,41-/m0/s1. The molecule has 3 aliphatic heterocycles. The summed E-state index contributed by atoms with van der Waals surface area (Å²) < 4.78 is 13.6. The third kappa shape index (κ3) is 9.22. The van der Waals surface area contributed by atoms with Crippen LogP contribution in [0.25, 0.3) is 33.4 Å². The van der Waals surface area contributed by atoms with E-state index < -0.39 is 24.1 Å². The van der Waals surface area contributed by atoms with Crippen LogP contribution < -0.4 is 10.7 Å². The van der Waals surface area contributed by atoms with Gasteiger partial charge in [-0.3, -0.25) is 19.6 Å². The minimum absolute atomic E-state index is 0.0218. The van der Waals surface area contributed by atoms with Crippen molar-refractivity contribution < 1.29 is 29.0 Å². The molecule has 6 heterocycles. The number of pyridine rings is 1. The molecule has 2 fully saturated rings. The van der Waals surface area contributed by atoms with Gasteiger partial charge in [-0.25, -0.2) is 15.2 Å². The number of carbonyl (C=O) groups is 3. The van der Waals surface area contributed by atoms with Gasteiger partial charge in [0.15, 0.2) is 0 Å². The number of methoxy groups -OCH3 is 2. The number of hydrogen-bond acceptors (Lipinski definition) is 10. The molecule has 3 aliphatic rings. The summed E-state index contributed by atoms with van der Waals surface area (Å²) in [5.41, 5.74) is 10.3. The van der Waals surface area contributed by atoms with E-state index >= 15 is 0 Å². The van der Waals surface area contributed by atoms with E-state index in [2.05, 4.69) is 60.3 Å². The molecule has 0 aliphatic carbocycles. The molecule has 330 valence electrons. The van der Waals surface area contributed by atoms with E-state index in [9.17, 15) is 19.5 Å². The predicted molar refractivity (Wildman–Crippen MR) is 238 cm³/mol. The Balaban J connectivity index is 1.29. The molecule has 61 heavy (non-hydrogen) atoms. The zero-order chi connectivity index (χ0) is 43.7. The predicted octanol–water partition coefficient (Wildman–Crippen LogP) is 6.21. The van der Waals surface area contributed by atoms with Gasteiger partial charge in [0.2, 0.25) is 5.91 Å². The van der Waals surface area contributed by atoms with Crippen molar-refractivity contribution in [2.24, 2.45) is 11.3 Å². The maximum atomic E-state index is 14.6. The Morgan fingerprint density at radius 3 is 2.62 bits per heavy atom. The molecule has 0 spiro atoms. The summed E-state index contributed by atoms with van der Waals surface area (Å²) in [6, 6.07) is 8.26. The number of likely N-dealkylation sites (tertiary alicyclic amines) is 1. The molecule has 4 amide bonds. The third-order valence-electron chi connectivity index (χ3n) is 12.9. The van der Waals surface area contributed by atoms with Gasteiger partial charge in [0, 0.05) is 74.4 Å². The molecule has 14 nitrogen and oxygen atoms in total. The molecule has 5 atom stereocenters. The number of nitrogens with zero attached hydrogens (tertiary/aromatic N) is 6. The van der Waals surface area contributed by atoms with Crippen LogP contribution in [0.2, 0.25) is 0 Å². The van der Waals surface area contributed by atoms with Gasteiger partial charge in [-0.15, -0.1) is 11.3 Å². The highest BCUT2D eigenvalue weighted by atomic mass is 32.1. The second-order valence-corrected chi connectivity index (χ2v) is 19.1. The summed E-state index contributed by atoms with van der Waals surface area (Å²) in [7, 11) is 4.98. The van der Waals surface area contributed by atoms with Crippen molar-refractivity contribution in [3.05, 3.63) is 58.2 Å². The van der Waals surface area contributed by atoms with Gasteiger partial charge >= 0.3 is 6.03 Å². The normalized spacial score (nSPS) is 22.1. The maximum Gasteiger partial charge on any atom is 0.320 e. The lowest BCUT2D eigenvalue weighted by atomic mass is 9.78. The smallest absolute Gasteiger partial charge is 0.320 e. The molecular weight excluding hydrogens is 793 g/mol. The van der Waals surface area contributed by atoms with Crippen LogP contribution in [0, 0.1) is 11.3 Å². The zero-order valence-electron chi connectivity index (χ0n) is 37.2. The van der Waals surface area contributed by atoms with Crippen molar-refractivity contribution in [2.45, 2.75) is 123 Å².